The molecule has 1 heterocycles. The molecule has 0 spiro atoms. The summed E-state index contributed by atoms with van der Waals surface area (Å²) in [5.41, 5.74) is 7.17. The minimum Gasteiger partial charge on any atom is -0.375 e. The lowest BCUT2D eigenvalue weighted by atomic mass is 10.0. The maximum Gasteiger partial charge on any atom is 0.0961 e. The van der Waals surface area contributed by atoms with E-state index in [2.05, 4.69) is 29.0 Å². The number of methoxy groups -OCH3 is 1. The van der Waals surface area contributed by atoms with Gasteiger partial charge in [0.15, 0.2) is 0 Å². The second-order valence-corrected chi connectivity index (χ2v) is 4.52. The molecule has 0 aromatic carbocycles. The lowest BCUT2D eigenvalue weighted by Crippen LogP contribution is -2.45. The summed E-state index contributed by atoms with van der Waals surface area (Å²) in [6, 6.07) is -0.0128. The van der Waals surface area contributed by atoms with E-state index in [4.69, 9.17) is 10.5 Å². The van der Waals surface area contributed by atoms with E-state index in [9.17, 15) is 0 Å². The first kappa shape index (κ1) is 11.6. The Balaban J connectivity index is 2.01. The van der Waals surface area contributed by atoms with Crippen LogP contribution in [0.3, 0.4) is 0 Å². The summed E-state index contributed by atoms with van der Waals surface area (Å²) < 4.78 is 5.36. The first-order chi connectivity index (χ1) is 7.70. The van der Waals surface area contributed by atoms with E-state index >= 15 is 0 Å². The fraction of sp³-hybridized carbons (Fsp3) is 0.667. The third kappa shape index (κ3) is 2.45. The predicted molar refractivity (Wildman–Crippen MR) is 65.1 cm³/mol. The molecule has 0 aromatic rings. The fourth-order valence-electron chi connectivity index (χ4n) is 2.15. The van der Waals surface area contributed by atoms with Crippen molar-refractivity contribution in [2.75, 3.05) is 40.3 Å². The highest BCUT2D eigenvalue weighted by atomic mass is 16.5. The van der Waals surface area contributed by atoms with Crippen molar-refractivity contribution in [3.05, 3.63) is 23.9 Å². The number of nitrogens with zero attached hydrogens (tertiary/aromatic N) is 2. The van der Waals surface area contributed by atoms with Crippen molar-refractivity contribution in [2.45, 2.75) is 12.1 Å². The molecule has 0 aromatic heterocycles. The van der Waals surface area contributed by atoms with E-state index in [1.165, 1.54) is 5.70 Å². The molecule has 2 rings (SSSR count). The number of ether oxygens (including phenoxy) is 1. The molecule has 0 saturated carbocycles. The summed E-state index contributed by atoms with van der Waals surface area (Å²) in [5.74, 6) is 0. The van der Waals surface area contributed by atoms with Crippen molar-refractivity contribution in [3.63, 3.8) is 0 Å². The Labute approximate surface area is 97.3 Å². The number of nitrogens with two attached hydrogens (primary N) is 1. The molecule has 2 unspecified atom stereocenters. The SMILES string of the molecule is COC1C=C(N2CCN(C)CC2)C=CC1N. The molecule has 1 aliphatic carbocycles. The van der Waals surface area contributed by atoms with Crippen LogP contribution in [-0.4, -0.2) is 62.3 Å². The van der Waals surface area contributed by atoms with Gasteiger partial charge in [0, 0.05) is 39.0 Å². The Hall–Kier alpha value is -0.840. The van der Waals surface area contributed by atoms with Gasteiger partial charge in [0.1, 0.15) is 0 Å². The van der Waals surface area contributed by atoms with Crippen LogP contribution in [0, 0.1) is 0 Å². The Kier molecular flexibility index (Phi) is 3.63. The van der Waals surface area contributed by atoms with Gasteiger partial charge in [-0.25, -0.2) is 0 Å². The summed E-state index contributed by atoms with van der Waals surface area (Å²) in [4.78, 5) is 4.75. The number of hydrogen-bond acceptors (Lipinski definition) is 4. The van der Waals surface area contributed by atoms with Crippen LogP contribution >= 0.6 is 0 Å². The van der Waals surface area contributed by atoms with Crippen molar-refractivity contribution in [1.82, 2.24) is 9.80 Å². The monoisotopic (exact) mass is 223 g/mol. The van der Waals surface area contributed by atoms with Gasteiger partial charge in [-0.15, -0.1) is 0 Å². The summed E-state index contributed by atoms with van der Waals surface area (Å²) in [5, 5.41) is 0. The van der Waals surface area contributed by atoms with Gasteiger partial charge in [-0.1, -0.05) is 6.08 Å². The van der Waals surface area contributed by atoms with Crippen LogP contribution < -0.4 is 5.73 Å². The molecule has 1 fully saturated rings. The summed E-state index contributed by atoms with van der Waals surface area (Å²) >= 11 is 0. The molecule has 16 heavy (non-hydrogen) atoms. The average molecular weight is 223 g/mol. The first-order valence-corrected chi connectivity index (χ1v) is 5.82. The van der Waals surface area contributed by atoms with Gasteiger partial charge in [0.05, 0.1) is 12.1 Å². The molecule has 0 amide bonds. The average Bonchev–Trinajstić information content (AvgIpc) is 2.31. The minimum atomic E-state index is -0.0128. The third-order valence-electron chi connectivity index (χ3n) is 3.34. The molecule has 2 N–H and O–H groups in total. The van der Waals surface area contributed by atoms with Crippen molar-refractivity contribution in [1.29, 1.82) is 0 Å². The van der Waals surface area contributed by atoms with Crippen LogP contribution in [0.2, 0.25) is 0 Å². The molecular weight excluding hydrogens is 202 g/mol. The minimum absolute atomic E-state index is 0.0128. The largest absolute Gasteiger partial charge is 0.375 e. The molecule has 2 atom stereocenters. The van der Waals surface area contributed by atoms with Crippen molar-refractivity contribution >= 4 is 0 Å². The second-order valence-electron chi connectivity index (χ2n) is 4.52. The molecule has 0 bridgehead atoms. The summed E-state index contributed by atoms with van der Waals surface area (Å²) in [6.45, 7) is 4.40. The topological polar surface area (TPSA) is 41.7 Å². The van der Waals surface area contributed by atoms with Crippen LogP contribution in [0.5, 0.6) is 0 Å². The molecule has 4 nitrogen and oxygen atoms in total. The zero-order valence-electron chi connectivity index (χ0n) is 10.1. The lowest BCUT2D eigenvalue weighted by molar-refractivity contribution is 0.123. The van der Waals surface area contributed by atoms with Gasteiger partial charge >= 0.3 is 0 Å². The van der Waals surface area contributed by atoms with E-state index in [-0.39, 0.29) is 12.1 Å². The van der Waals surface area contributed by atoms with Gasteiger partial charge < -0.3 is 20.3 Å². The van der Waals surface area contributed by atoms with Crippen LogP contribution in [-0.2, 0) is 4.74 Å². The number of rotatable bonds is 2. The van der Waals surface area contributed by atoms with Crippen molar-refractivity contribution in [2.24, 2.45) is 5.73 Å². The molecule has 1 saturated heterocycles. The van der Waals surface area contributed by atoms with E-state index in [1.54, 1.807) is 7.11 Å². The lowest BCUT2D eigenvalue weighted by Gasteiger charge is -2.36. The number of likely N-dealkylation sites (N-methyl/N-ethyl adjacent to an activating group) is 1. The second kappa shape index (κ2) is 4.99. The normalized spacial score (nSPS) is 31.7. The third-order valence-corrected chi connectivity index (χ3v) is 3.34. The van der Waals surface area contributed by atoms with Gasteiger partial charge in [0.25, 0.3) is 0 Å². The highest BCUT2D eigenvalue weighted by molar-refractivity contribution is 5.27. The van der Waals surface area contributed by atoms with Gasteiger partial charge in [-0.3, -0.25) is 0 Å². The van der Waals surface area contributed by atoms with Crippen molar-refractivity contribution in [3.8, 4) is 0 Å². The van der Waals surface area contributed by atoms with E-state index in [0.717, 1.165) is 26.2 Å². The zero-order valence-corrected chi connectivity index (χ0v) is 10.1. The maximum absolute atomic E-state index is 5.92. The Morgan fingerprint density at radius 3 is 2.62 bits per heavy atom. The highest BCUT2D eigenvalue weighted by Crippen LogP contribution is 2.17. The summed E-state index contributed by atoms with van der Waals surface area (Å²) in [7, 11) is 3.87. The Morgan fingerprint density at radius 2 is 2.00 bits per heavy atom. The predicted octanol–water partition coefficient (Wildman–Crippen LogP) is 0.0298. The smallest absolute Gasteiger partial charge is 0.0961 e. The van der Waals surface area contributed by atoms with Crippen LogP contribution in [0.4, 0.5) is 0 Å². The van der Waals surface area contributed by atoms with Crippen LogP contribution in [0.15, 0.2) is 23.9 Å². The van der Waals surface area contributed by atoms with E-state index < -0.39 is 0 Å². The Bertz CT molecular complexity index is 293. The zero-order chi connectivity index (χ0) is 11.5. The number of allylic oxidation sites excluding steroid dienone is 1. The van der Waals surface area contributed by atoms with Gasteiger partial charge in [0.2, 0.25) is 0 Å². The maximum atomic E-state index is 5.92. The fourth-order valence-corrected chi connectivity index (χ4v) is 2.15. The molecule has 0 radical (unpaired) electrons. The summed E-state index contributed by atoms with van der Waals surface area (Å²) in [6.07, 6.45) is 6.29. The first-order valence-electron chi connectivity index (χ1n) is 5.82. The molecule has 90 valence electrons. The standard InChI is InChI=1S/C12H21N3O/c1-14-5-7-15(8-6-14)10-3-4-11(13)12(9-10)16-2/h3-4,9,11-12H,5-8,13H2,1-2H3. The number of hydrogen-bond donors (Lipinski definition) is 1. The highest BCUT2D eigenvalue weighted by Gasteiger charge is 2.21. The van der Waals surface area contributed by atoms with E-state index in [1.807, 2.05) is 6.08 Å². The van der Waals surface area contributed by atoms with Gasteiger partial charge in [-0.2, -0.15) is 0 Å². The van der Waals surface area contributed by atoms with Gasteiger partial charge in [-0.05, 0) is 19.2 Å². The van der Waals surface area contributed by atoms with Crippen molar-refractivity contribution < 1.29 is 4.74 Å². The Morgan fingerprint density at radius 1 is 1.31 bits per heavy atom. The van der Waals surface area contributed by atoms with Crippen LogP contribution in [0.25, 0.3) is 0 Å². The molecule has 2 aliphatic rings. The molecule has 1 aliphatic heterocycles. The van der Waals surface area contributed by atoms with Crippen LogP contribution in [0.1, 0.15) is 0 Å². The molecule has 4 heteroatoms. The quantitative estimate of drug-likeness (QED) is 0.717. The molecular formula is C12H21N3O. The van der Waals surface area contributed by atoms with E-state index in [0.29, 0.717) is 0 Å². The number of piperazine rings is 1.